The molecule has 2 aliphatic rings. The van der Waals surface area contributed by atoms with Crippen LogP contribution >= 0.6 is 0 Å². The Morgan fingerprint density at radius 2 is 1.83 bits per heavy atom. The number of fused-ring (bicyclic) bond motifs is 1. The van der Waals surface area contributed by atoms with Crippen LogP contribution in [0.5, 0.6) is 0 Å². The molecule has 2 heterocycles. The summed E-state index contributed by atoms with van der Waals surface area (Å²) in [5.74, 6) is -1.15. The van der Waals surface area contributed by atoms with Crippen LogP contribution in [0.4, 0.5) is 0 Å². The molecule has 7 unspecified atom stereocenters. The summed E-state index contributed by atoms with van der Waals surface area (Å²) in [5, 5.41) is 24.5. The first-order chi connectivity index (χ1) is 13.8. The van der Waals surface area contributed by atoms with Crippen molar-refractivity contribution in [2.75, 3.05) is 0 Å². The number of allylic oxidation sites excluding steroid dienone is 1. The summed E-state index contributed by atoms with van der Waals surface area (Å²) < 4.78 is 6.00. The molecule has 0 aromatic carbocycles. The van der Waals surface area contributed by atoms with Crippen LogP contribution in [0.1, 0.15) is 80.6 Å². The molecular weight excluding hydrogens is 382 g/mol. The lowest BCUT2D eigenvalue weighted by Crippen LogP contribution is -2.47. The first-order valence-corrected chi connectivity index (χ1v) is 11.3. The second-order valence-corrected chi connectivity index (χ2v) is 10.3. The van der Waals surface area contributed by atoms with E-state index in [9.17, 15) is 19.8 Å². The Bertz CT molecular complexity index is 673. The molecule has 6 nitrogen and oxygen atoms in total. The minimum absolute atomic E-state index is 0.0353. The molecule has 0 radical (unpaired) electrons. The Morgan fingerprint density at radius 1 is 1.20 bits per heavy atom. The van der Waals surface area contributed by atoms with E-state index in [0.29, 0.717) is 6.42 Å². The van der Waals surface area contributed by atoms with Crippen LogP contribution in [0.15, 0.2) is 11.6 Å². The van der Waals surface area contributed by atoms with Gasteiger partial charge in [0, 0.05) is 12.3 Å². The lowest BCUT2D eigenvalue weighted by Gasteiger charge is -2.34. The van der Waals surface area contributed by atoms with Crippen LogP contribution in [0.25, 0.3) is 0 Å². The van der Waals surface area contributed by atoms with E-state index in [1.807, 2.05) is 26.8 Å². The van der Waals surface area contributed by atoms with E-state index in [0.717, 1.165) is 24.8 Å². The third kappa shape index (κ3) is 5.51. The van der Waals surface area contributed by atoms with Gasteiger partial charge in [-0.15, -0.1) is 0 Å². The van der Waals surface area contributed by atoms with Gasteiger partial charge in [0.1, 0.15) is 5.78 Å². The van der Waals surface area contributed by atoms with Gasteiger partial charge in [-0.1, -0.05) is 45.8 Å². The fourth-order valence-electron chi connectivity index (χ4n) is 4.61. The Kier molecular flexibility index (Phi) is 7.92. The maximum absolute atomic E-state index is 13.1. The number of aliphatic hydroxyl groups is 2. The number of epoxide rings is 1. The lowest BCUT2D eigenvalue weighted by atomic mass is 9.72. The van der Waals surface area contributed by atoms with Crippen LogP contribution in [-0.4, -0.2) is 51.9 Å². The van der Waals surface area contributed by atoms with Gasteiger partial charge in [-0.2, -0.15) is 0 Å². The monoisotopic (exact) mass is 423 g/mol. The maximum Gasteiger partial charge on any atom is 0.223 e. The topological polar surface area (TPSA) is 99.2 Å². The highest BCUT2D eigenvalue weighted by atomic mass is 16.6. The standard InChI is InChI=1S/C24H41NO5/c1-8-14(2)17-12-19-24(7,30-19)11-9-10-15(3)21(28)16(4)22(29)23(5,6)18(26)13-20(27)25-17/h8,15-19,21,26,28H,9-13H2,1-7H3,(H,25,27)/b14-8+. The molecule has 0 aromatic rings. The largest absolute Gasteiger partial charge is 0.392 e. The number of ether oxygens (including phenoxy) is 1. The molecule has 2 saturated heterocycles. The minimum atomic E-state index is -1.13. The van der Waals surface area contributed by atoms with Gasteiger partial charge >= 0.3 is 0 Å². The van der Waals surface area contributed by atoms with Gasteiger partial charge in [-0.3, -0.25) is 9.59 Å². The molecule has 30 heavy (non-hydrogen) atoms. The lowest BCUT2D eigenvalue weighted by molar-refractivity contribution is -0.143. The molecule has 0 bridgehead atoms. The summed E-state index contributed by atoms with van der Waals surface area (Å²) in [4.78, 5) is 25.8. The fraction of sp³-hybridized carbons (Fsp3) is 0.833. The van der Waals surface area contributed by atoms with Crippen LogP contribution in [0.2, 0.25) is 0 Å². The fourth-order valence-corrected chi connectivity index (χ4v) is 4.61. The van der Waals surface area contributed by atoms with Crippen LogP contribution in [0.3, 0.4) is 0 Å². The van der Waals surface area contributed by atoms with Gasteiger partial charge in [-0.05, 0) is 39.5 Å². The predicted octanol–water partition coefficient (Wildman–Crippen LogP) is 3.15. The summed E-state index contributed by atoms with van der Waals surface area (Å²) in [6.45, 7) is 13.0. The highest BCUT2D eigenvalue weighted by Crippen LogP contribution is 2.44. The first kappa shape index (κ1) is 25.0. The van der Waals surface area contributed by atoms with Crippen LogP contribution < -0.4 is 5.32 Å². The van der Waals surface area contributed by atoms with Crippen molar-refractivity contribution in [3.8, 4) is 0 Å². The molecule has 2 fully saturated rings. The summed E-state index contributed by atoms with van der Waals surface area (Å²) >= 11 is 0. The highest BCUT2D eigenvalue weighted by molar-refractivity contribution is 5.88. The zero-order valence-corrected chi connectivity index (χ0v) is 19.7. The van der Waals surface area contributed by atoms with Crippen molar-refractivity contribution in [3.63, 3.8) is 0 Å². The molecule has 0 aromatic heterocycles. The SMILES string of the molecule is C/C=C(\C)C1CC2OC2(C)CCCC(C)C(O)C(C)C(=O)C(C)(C)C(O)CC(=O)N1. The molecule has 2 aliphatic heterocycles. The number of hydrogen-bond donors (Lipinski definition) is 3. The molecule has 0 saturated carbocycles. The van der Waals surface area contributed by atoms with Gasteiger partial charge in [-0.25, -0.2) is 0 Å². The molecule has 172 valence electrons. The normalized spacial score (nSPS) is 41.7. The molecule has 3 N–H and O–H groups in total. The van der Waals surface area contributed by atoms with Crippen molar-refractivity contribution in [2.45, 2.75) is 111 Å². The van der Waals surface area contributed by atoms with Gasteiger partial charge in [0.25, 0.3) is 0 Å². The van der Waals surface area contributed by atoms with Crippen molar-refractivity contribution in [3.05, 3.63) is 11.6 Å². The number of ketones is 1. The molecule has 0 aliphatic carbocycles. The third-order valence-electron chi connectivity index (χ3n) is 7.51. The van der Waals surface area contributed by atoms with Crippen molar-refractivity contribution < 1.29 is 24.5 Å². The van der Waals surface area contributed by atoms with Crippen molar-refractivity contribution in [1.29, 1.82) is 0 Å². The second-order valence-electron chi connectivity index (χ2n) is 10.3. The average Bonchev–Trinajstić information content (AvgIpc) is 3.32. The number of amides is 1. The average molecular weight is 424 g/mol. The number of nitrogens with one attached hydrogen (secondary N) is 1. The number of carbonyl (C=O) groups excluding carboxylic acids is 2. The molecule has 6 heteroatoms. The van der Waals surface area contributed by atoms with Gasteiger partial charge in [0.15, 0.2) is 0 Å². The number of carbonyl (C=O) groups is 2. The van der Waals surface area contributed by atoms with E-state index in [1.54, 1.807) is 20.8 Å². The van der Waals surface area contributed by atoms with Gasteiger partial charge in [0.2, 0.25) is 5.91 Å². The van der Waals surface area contributed by atoms with Crippen molar-refractivity contribution in [2.24, 2.45) is 17.3 Å². The van der Waals surface area contributed by atoms with E-state index >= 15 is 0 Å². The maximum atomic E-state index is 13.1. The van der Waals surface area contributed by atoms with E-state index in [2.05, 4.69) is 12.2 Å². The third-order valence-corrected chi connectivity index (χ3v) is 7.51. The summed E-state index contributed by atoms with van der Waals surface area (Å²) in [6, 6.07) is -0.159. The Balaban J connectivity index is 2.26. The second kappa shape index (κ2) is 9.49. The smallest absolute Gasteiger partial charge is 0.223 e. The summed E-state index contributed by atoms with van der Waals surface area (Å²) in [7, 11) is 0. The van der Waals surface area contributed by atoms with Crippen molar-refractivity contribution >= 4 is 11.7 Å². The predicted molar refractivity (Wildman–Crippen MR) is 117 cm³/mol. The molecular formula is C24H41NO5. The van der Waals surface area contributed by atoms with E-state index in [-0.39, 0.29) is 41.8 Å². The molecule has 1 amide bonds. The number of Topliss-reactive ketones (excluding diaryl/α,β-unsaturated/α-hetero) is 1. The number of hydrogen-bond acceptors (Lipinski definition) is 5. The van der Waals surface area contributed by atoms with Crippen LogP contribution in [0, 0.1) is 17.3 Å². The summed E-state index contributed by atoms with van der Waals surface area (Å²) in [6.07, 6.45) is 3.27. The number of rotatable bonds is 1. The zero-order valence-electron chi connectivity index (χ0n) is 19.7. The van der Waals surface area contributed by atoms with Crippen LogP contribution in [-0.2, 0) is 14.3 Å². The molecule has 7 atom stereocenters. The quantitative estimate of drug-likeness (QED) is 0.444. The number of aliphatic hydroxyl groups excluding tert-OH is 2. The van der Waals surface area contributed by atoms with E-state index in [4.69, 9.17) is 4.74 Å². The first-order valence-electron chi connectivity index (χ1n) is 11.3. The van der Waals surface area contributed by atoms with Crippen molar-refractivity contribution in [1.82, 2.24) is 5.32 Å². The van der Waals surface area contributed by atoms with E-state index in [1.165, 1.54) is 0 Å². The Hall–Kier alpha value is -1.24. The highest BCUT2D eigenvalue weighted by Gasteiger charge is 2.52. The summed E-state index contributed by atoms with van der Waals surface area (Å²) in [5.41, 5.74) is -0.281. The minimum Gasteiger partial charge on any atom is -0.392 e. The van der Waals surface area contributed by atoms with Gasteiger partial charge in [0.05, 0.1) is 41.8 Å². The van der Waals surface area contributed by atoms with Gasteiger partial charge < -0.3 is 20.3 Å². The Morgan fingerprint density at radius 3 is 2.43 bits per heavy atom. The van der Waals surface area contributed by atoms with E-state index < -0.39 is 23.5 Å². The zero-order chi connectivity index (χ0) is 22.9. The Labute approximate surface area is 181 Å². The molecule has 2 rings (SSSR count). The molecule has 0 spiro atoms.